The first-order valence-corrected chi connectivity index (χ1v) is 4.61. The van der Waals surface area contributed by atoms with Crippen LogP contribution in [0.5, 0.6) is 11.5 Å². The zero-order valence-corrected chi connectivity index (χ0v) is 7.73. The van der Waals surface area contributed by atoms with Crippen LogP contribution in [0.1, 0.15) is 11.7 Å². The molecule has 0 amide bonds. The number of morpholine rings is 1. The van der Waals surface area contributed by atoms with Crippen molar-refractivity contribution in [3.8, 4) is 11.5 Å². The second-order valence-corrected chi connectivity index (χ2v) is 3.31. The summed E-state index contributed by atoms with van der Waals surface area (Å²) in [6.45, 7) is 2.18. The summed E-state index contributed by atoms with van der Waals surface area (Å²) in [7, 11) is 0. The maximum atomic E-state index is 9.58. The number of hydrogen-bond donors (Lipinski definition) is 3. The van der Waals surface area contributed by atoms with Crippen molar-refractivity contribution in [1.29, 1.82) is 0 Å². The van der Waals surface area contributed by atoms with Crippen molar-refractivity contribution in [1.82, 2.24) is 5.32 Å². The minimum Gasteiger partial charge on any atom is -0.508 e. The van der Waals surface area contributed by atoms with Crippen LogP contribution in [0.25, 0.3) is 0 Å². The van der Waals surface area contributed by atoms with E-state index in [9.17, 15) is 5.11 Å². The summed E-state index contributed by atoms with van der Waals surface area (Å²) in [5.74, 6) is 0.147. The molecule has 1 aromatic rings. The largest absolute Gasteiger partial charge is 0.508 e. The summed E-state index contributed by atoms with van der Waals surface area (Å²) in [5, 5.41) is 21.9. The minimum absolute atomic E-state index is 0.0648. The Morgan fingerprint density at radius 3 is 2.86 bits per heavy atom. The number of phenolic OH excluding ortho intramolecular Hbond substituents is 2. The van der Waals surface area contributed by atoms with E-state index < -0.39 is 0 Å². The molecule has 1 aliphatic rings. The van der Waals surface area contributed by atoms with Gasteiger partial charge in [0.2, 0.25) is 0 Å². The van der Waals surface area contributed by atoms with E-state index in [-0.39, 0.29) is 17.6 Å². The molecule has 76 valence electrons. The average Bonchev–Trinajstić information content (AvgIpc) is 2.19. The van der Waals surface area contributed by atoms with Gasteiger partial charge in [0.25, 0.3) is 0 Å². The standard InChI is InChI=1S/C10H13NO3/c12-7-1-2-8(9(13)5-7)10-6-11-3-4-14-10/h1-2,5,10-13H,3-4,6H2. The number of ether oxygens (including phenoxy) is 1. The van der Waals surface area contributed by atoms with Crippen molar-refractivity contribution in [3.05, 3.63) is 23.8 Å². The van der Waals surface area contributed by atoms with Crippen molar-refractivity contribution in [2.24, 2.45) is 0 Å². The van der Waals surface area contributed by atoms with Gasteiger partial charge >= 0.3 is 0 Å². The first kappa shape index (κ1) is 9.30. The highest BCUT2D eigenvalue weighted by Crippen LogP contribution is 2.30. The fourth-order valence-corrected chi connectivity index (χ4v) is 1.57. The molecule has 4 nitrogen and oxygen atoms in total. The van der Waals surface area contributed by atoms with Crippen molar-refractivity contribution >= 4 is 0 Å². The normalized spacial score (nSPS) is 22.1. The maximum Gasteiger partial charge on any atom is 0.125 e. The summed E-state index contributed by atoms with van der Waals surface area (Å²) in [4.78, 5) is 0. The molecule has 1 saturated heterocycles. The number of hydrogen-bond acceptors (Lipinski definition) is 4. The third kappa shape index (κ3) is 1.81. The van der Waals surface area contributed by atoms with Gasteiger partial charge in [0.1, 0.15) is 11.5 Å². The topological polar surface area (TPSA) is 61.7 Å². The predicted molar refractivity (Wildman–Crippen MR) is 51.3 cm³/mol. The van der Waals surface area contributed by atoms with Gasteiger partial charge in [0.05, 0.1) is 12.7 Å². The SMILES string of the molecule is Oc1ccc(C2CNCCO2)c(O)c1. The van der Waals surface area contributed by atoms with E-state index in [2.05, 4.69) is 5.32 Å². The van der Waals surface area contributed by atoms with Crippen LogP contribution in [-0.2, 0) is 4.74 Å². The first-order valence-electron chi connectivity index (χ1n) is 4.61. The molecule has 1 aliphatic heterocycles. The molecule has 0 spiro atoms. The Morgan fingerprint density at radius 1 is 1.36 bits per heavy atom. The predicted octanol–water partition coefficient (Wildman–Crippen LogP) is 0.759. The van der Waals surface area contributed by atoms with Crippen molar-refractivity contribution in [3.63, 3.8) is 0 Å². The molecule has 14 heavy (non-hydrogen) atoms. The van der Waals surface area contributed by atoms with Crippen LogP contribution in [0.3, 0.4) is 0 Å². The lowest BCUT2D eigenvalue weighted by Gasteiger charge is -2.24. The lowest BCUT2D eigenvalue weighted by atomic mass is 10.1. The van der Waals surface area contributed by atoms with Crippen LogP contribution in [0.4, 0.5) is 0 Å². The van der Waals surface area contributed by atoms with Gasteiger partial charge in [-0.3, -0.25) is 0 Å². The van der Waals surface area contributed by atoms with Gasteiger partial charge in [-0.15, -0.1) is 0 Å². The van der Waals surface area contributed by atoms with E-state index in [1.807, 2.05) is 0 Å². The van der Waals surface area contributed by atoms with Gasteiger partial charge in [-0.25, -0.2) is 0 Å². The van der Waals surface area contributed by atoms with Gasteiger partial charge in [-0.1, -0.05) is 0 Å². The molecule has 1 fully saturated rings. The molecule has 0 saturated carbocycles. The molecule has 4 heteroatoms. The van der Waals surface area contributed by atoms with Crippen molar-refractivity contribution in [2.75, 3.05) is 19.7 Å². The van der Waals surface area contributed by atoms with E-state index in [0.717, 1.165) is 12.1 Å². The lowest BCUT2D eigenvalue weighted by molar-refractivity contribution is 0.0263. The third-order valence-corrected chi connectivity index (χ3v) is 2.29. The maximum absolute atomic E-state index is 9.58. The van der Waals surface area contributed by atoms with Gasteiger partial charge in [0.15, 0.2) is 0 Å². The molecule has 0 aliphatic carbocycles. The Labute approximate surface area is 82.1 Å². The van der Waals surface area contributed by atoms with E-state index in [1.54, 1.807) is 12.1 Å². The van der Waals surface area contributed by atoms with E-state index >= 15 is 0 Å². The van der Waals surface area contributed by atoms with Crippen LogP contribution in [0.2, 0.25) is 0 Å². The van der Waals surface area contributed by atoms with Crippen molar-refractivity contribution in [2.45, 2.75) is 6.10 Å². The zero-order valence-electron chi connectivity index (χ0n) is 7.73. The summed E-state index contributed by atoms with van der Waals surface area (Å²) in [6, 6.07) is 4.56. The number of benzene rings is 1. The minimum atomic E-state index is -0.121. The summed E-state index contributed by atoms with van der Waals surface area (Å²) >= 11 is 0. The number of aromatic hydroxyl groups is 2. The molecule has 1 atom stereocenters. The van der Waals surface area contributed by atoms with Gasteiger partial charge in [-0.2, -0.15) is 0 Å². The Balaban J connectivity index is 2.22. The highest BCUT2D eigenvalue weighted by atomic mass is 16.5. The quantitative estimate of drug-likeness (QED) is 0.619. The van der Waals surface area contributed by atoms with E-state index in [0.29, 0.717) is 13.2 Å². The molecular weight excluding hydrogens is 182 g/mol. The van der Waals surface area contributed by atoms with Gasteiger partial charge < -0.3 is 20.3 Å². The smallest absolute Gasteiger partial charge is 0.125 e. The Bertz CT molecular complexity index is 321. The van der Waals surface area contributed by atoms with E-state index in [1.165, 1.54) is 6.07 Å². The molecule has 0 radical (unpaired) electrons. The highest BCUT2D eigenvalue weighted by Gasteiger charge is 2.18. The van der Waals surface area contributed by atoms with E-state index in [4.69, 9.17) is 9.84 Å². The molecule has 1 heterocycles. The fourth-order valence-electron chi connectivity index (χ4n) is 1.57. The Morgan fingerprint density at radius 2 is 2.21 bits per heavy atom. The number of nitrogens with one attached hydrogen (secondary N) is 1. The van der Waals surface area contributed by atoms with Crippen LogP contribution in [0, 0.1) is 0 Å². The lowest BCUT2D eigenvalue weighted by Crippen LogP contribution is -2.33. The highest BCUT2D eigenvalue weighted by molar-refractivity contribution is 5.40. The molecule has 1 unspecified atom stereocenters. The Hall–Kier alpha value is -1.26. The van der Waals surface area contributed by atoms with Crippen LogP contribution < -0.4 is 5.32 Å². The van der Waals surface area contributed by atoms with Crippen molar-refractivity contribution < 1.29 is 14.9 Å². The van der Waals surface area contributed by atoms with Gasteiger partial charge in [0, 0.05) is 24.7 Å². The monoisotopic (exact) mass is 195 g/mol. The summed E-state index contributed by atoms with van der Waals surface area (Å²) in [6.07, 6.45) is -0.121. The number of phenols is 2. The fraction of sp³-hybridized carbons (Fsp3) is 0.400. The van der Waals surface area contributed by atoms with Crippen LogP contribution >= 0.6 is 0 Å². The van der Waals surface area contributed by atoms with Crippen LogP contribution in [-0.4, -0.2) is 29.9 Å². The molecular formula is C10H13NO3. The number of rotatable bonds is 1. The molecule has 3 N–H and O–H groups in total. The first-order chi connectivity index (χ1) is 6.77. The van der Waals surface area contributed by atoms with Crippen LogP contribution in [0.15, 0.2) is 18.2 Å². The molecule has 1 aromatic carbocycles. The second-order valence-electron chi connectivity index (χ2n) is 3.31. The third-order valence-electron chi connectivity index (χ3n) is 2.29. The molecule has 0 aromatic heterocycles. The molecule has 2 rings (SSSR count). The summed E-state index contributed by atoms with van der Waals surface area (Å²) < 4.78 is 5.48. The second kappa shape index (κ2) is 3.86. The zero-order chi connectivity index (χ0) is 9.97. The van der Waals surface area contributed by atoms with Gasteiger partial charge in [-0.05, 0) is 12.1 Å². The summed E-state index contributed by atoms with van der Waals surface area (Å²) in [5.41, 5.74) is 0.718. The average molecular weight is 195 g/mol. The Kier molecular flexibility index (Phi) is 2.56. The molecule has 0 bridgehead atoms.